The van der Waals surface area contributed by atoms with Gasteiger partial charge in [-0.1, -0.05) is 94.3 Å². The standard InChI is InChI=1S/C29H41N3O4/c1-5-6-17-24(26(33)27(34)30-21(2)23-15-11-8-12-16-23)32(28(35)36)25-18-29(3,4)20-31(25)19-22-13-9-7-10-14-22/h7-16,21,24-26,33H,5-6,17-20H2,1-4H3,(H,30,34)(H,35,36)/t21?,24-,25?,26?/m0/s1. The summed E-state index contributed by atoms with van der Waals surface area (Å²) in [6.07, 6.45) is -0.435. The topological polar surface area (TPSA) is 93.1 Å². The average Bonchev–Trinajstić information content (AvgIpc) is 3.15. The SMILES string of the molecule is CCCC[C@@H](C(O)C(=O)NC(C)c1ccccc1)N(C(=O)O)C1CC(C)(C)CN1Cc1ccccc1. The fraction of sp³-hybridized carbons (Fsp3) is 0.517. The number of carboxylic acid groups (broad SMARTS) is 1. The summed E-state index contributed by atoms with van der Waals surface area (Å²) in [5, 5.41) is 24.5. The van der Waals surface area contributed by atoms with Gasteiger partial charge in [0.25, 0.3) is 5.91 Å². The van der Waals surface area contributed by atoms with Crippen LogP contribution in [0.1, 0.15) is 70.5 Å². The van der Waals surface area contributed by atoms with E-state index in [0.29, 0.717) is 25.8 Å². The molecule has 0 bridgehead atoms. The van der Waals surface area contributed by atoms with E-state index in [-0.39, 0.29) is 11.5 Å². The molecule has 0 radical (unpaired) electrons. The normalized spacial score (nSPS) is 19.9. The molecule has 2 amide bonds. The van der Waals surface area contributed by atoms with Crippen LogP contribution in [0.15, 0.2) is 60.7 Å². The molecule has 7 nitrogen and oxygen atoms in total. The summed E-state index contributed by atoms with van der Waals surface area (Å²) in [5.74, 6) is -0.550. The minimum atomic E-state index is -1.47. The van der Waals surface area contributed by atoms with Gasteiger partial charge in [-0.05, 0) is 36.3 Å². The molecular formula is C29H41N3O4. The fourth-order valence-corrected chi connectivity index (χ4v) is 5.25. The van der Waals surface area contributed by atoms with Crippen molar-refractivity contribution < 1.29 is 19.8 Å². The largest absolute Gasteiger partial charge is 0.465 e. The van der Waals surface area contributed by atoms with E-state index in [0.717, 1.165) is 24.1 Å². The van der Waals surface area contributed by atoms with Gasteiger partial charge in [0.2, 0.25) is 0 Å². The number of benzene rings is 2. The van der Waals surface area contributed by atoms with Crippen molar-refractivity contribution in [2.45, 2.75) is 84.3 Å². The number of carbonyl (C=O) groups is 2. The number of nitrogens with one attached hydrogen (secondary N) is 1. The maximum absolute atomic E-state index is 13.2. The average molecular weight is 496 g/mol. The van der Waals surface area contributed by atoms with Gasteiger partial charge >= 0.3 is 6.09 Å². The Balaban J connectivity index is 1.86. The van der Waals surface area contributed by atoms with Crippen LogP contribution in [0, 0.1) is 5.41 Å². The van der Waals surface area contributed by atoms with E-state index >= 15 is 0 Å². The zero-order valence-electron chi connectivity index (χ0n) is 21.9. The monoisotopic (exact) mass is 495 g/mol. The number of nitrogens with zero attached hydrogens (tertiary/aromatic N) is 2. The molecule has 1 fully saturated rings. The van der Waals surface area contributed by atoms with E-state index in [2.05, 4.69) is 24.1 Å². The molecular weight excluding hydrogens is 454 g/mol. The summed E-state index contributed by atoms with van der Waals surface area (Å²) in [5.41, 5.74) is 1.92. The lowest BCUT2D eigenvalue weighted by Gasteiger charge is -2.40. The van der Waals surface area contributed by atoms with Crippen molar-refractivity contribution in [2.24, 2.45) is 5.41 Å². The highest BCUT2D eigenvalue weighted by molar-refractivity contribution is 5.82. The number of aliphatic hydroxyl groups is 1. The lowest BCUT2D eigenvalue weighted by molar-refractivity contribution is -0.134. The van der Waals surface area contributed by atoms with Gasteiger partial charge in [0, 0.05) is 13.1 Å². The highest BCUT2D eigenvalue weighted by Gasteiger charge is 2.46. The quantitative estimate of drug-likeness (QED) is 0.407. The Morgan fingerprint density at radius 3 is 2.31 bits per heavy atom. The first-order chi connectivity index (χ1) is 17.1. The number of unbranched alkanes of at least 4 members (excludes halogenated alkanes) is 1. The predicted molar refractivity (Wildman–Crippen MR) is 141 cm³/mol. The van der Waals surface area contributed by atoms with Crippen LogP contribution in [0.3, 0.4) is 0 Å². The number of amides is 2. The van der Waals surface area contributed by atoms with Gasteiger partial charge in [0.1, 0.15) is 0 Å². The number of likely N-dealkylation sites (tertiary alicyclic amines) is 1. The van der Waals surface area contributed by atoms with Gasteiger partial charge in [-0.3, -0.25) is 14.6 Å². The second kappa shape index (κ2) is 12.4. The van der Waals surface area contributed by atoms with Crippen molar-refractivity contribution in [1.29, 1.82) is 0 Å². The summed E-state index contributed by atoms with van der Waals surface area (Å²) in [6, 6.07) is 18.4. The number of aliphatic hydroxyl groups excluding tert-OH is 1. The molecule has 0 aliphatic carbocycles. The Labute approximate surface area is 215 Å². The molecule has 1 aliphatic rings. The maximum atomic E-state index is 13.2. The molecule has 1 aliphatic heterocycles. The molecule has 3 rings (SSSR count). The van der Waals surface area contributed by atoms with E-state index in [1.165, 1.54) is 4.90 Å². The van der Waals surface area contributed by atoms with Crippen LogP contribution < -0.4 is 5.32 Å². The number of hydrogen-bond donors (Lipinski definition) is 3. The smallest absolute Gasteiger partial charge is 0.408 e. The highest BCUT2D eigenvalue weighted by Crippen LogP contribution is 2.38. The van der Waals surface area contributed by atoms with Crippen LogP contribution in [0.4, 0.5) is 4.79 Å². The van der Waals surface area contributed by atoms with Gasteiger partial charge in [-0.2, -0.15) is 0 Å². The minimum absolute atomic E-state index is 0.0997. The van der Waals surface area contributed by atoms with Crippen LogP contribution in [-0.2, 0) is 11.3 Å². The first-order valence-corrected chi connectivity index (χ1v) is 13.0. The summed E-state index contributed by atoms with van der Waals surface area (Å²) >= 11 is 0. The predicted octanol–water partition coefficient (Wildman–Crippen LogP) is 5.02. The lowest BCUT2D eigenvalue weighted by atomic mass is 9.91. The first-order valence-electron chi connectivity index (χ1n) is 13.0. The molecule has 2 aromatic rings. The molecule has 4 atom stereocenters. The third-order valence-electron chi connectivity index (χ3n) is 7.06. The molecule has 1 saturated heterocycles. The minimum Gasteiger partial charge on any atom is -0.465 e. The fourth-order valence-electron chi connectivity index (χ4n) is 5.25. The van der Waals surface area contributed by atoms with E-state index in [1.807, 2.05) is 74.5 Å². The van der Waals surface area contributed by atoms with Crippen LogP contribution in [-0.4, -0.2) is 56.9 Å². The van der Waals surface area contributed by atoms with E-state index in [4.69, 9.17) is 0 Å². The van der Waals surface area contributed by atoms with Crippen LogP contribution in [0.25, 0.3) is 0 Å². The third kappa shape index (κ3) is 7.08. The molecule has 0 saturated carbocycles. The van der Waals surface area contributed by atoms with Crippen molar-refractivity contribution in [1.82, 2.24) is 15.1 Å². The van der Waals surface area contributed by atoms with Crippen LogP contribution in [0.5, 0.6) is 0 Å². The molecule has 0 spiro atoms. The Morgan fingerprint density at radius 2 is 1.72 bits per heavy atom. The Hall–Kier alpha value is -2.90. The third-order valence-corrected chi connectivity index (χ3v) is 7.06. The molecule has 36 heavy (non-hydrogen) atoms. The van der Waals surface area contributed by atoms with Crippen molar-refractivity contribution in [3.05, 3.63) is 71.8 Å². The summed E-state index contributed by atoms with van der Waals surface area (Å²) in [4.78, 5) is 29.4. The van der Waals surface area contributed by atoms with Gasteiger partial charge in [0.05, 0.1) is 18.2 Å². The second-order valence-corrected chi connectivity index (χ2v) is 10.7. The Bertz CT molecular complexity index is 983. The van der Waals surface area contributed by atoms with Gasteiger partial charge < -0.3 is 15.5 Å². The maximum Gasteiger partial charge on any atom is 0.408 e. The van der Waals surface area contributed by atoms with Crippen LogP contribution in [0.2, 0.25) is 0 Å². The Kier molecular flexibility index (Phi) is 9.51. The molecule has 1 heterocycles. The Morgan fingerprint density at radius 1 is 1.11 bits per heavy atom. The van der Waals surface area contributed by atoms with Gasteiger partial charge in [-0.15, -0.1) is 0 Å². The summed E-state index contributed by atoms with van der Waals surface area (Å²) in [6.45, 7) is 9.48. The van der Waals surface area contributed by atoms with Crippen LogP contribution >= 0.6 is 0 Å². The molecule has 0 aromatic heterocycles. The van der Waals surface area contributed by atoms with E-state index in [1.54, 1.807) is 0 Å². The molecule has 2 aromatic carbocycles. The first kappa shape index (κ1) is 27.7. The molecule has 196 valence electrons. The van der Waals surface area contributed by atoms with Gasteiger partial charge in [-0.25, -0.2) is 4.79 Å². The van der Waals surface area contributed by atoms with Crippen molar-refractivity contribution in [3.8, 4) is 0 Å². The number of rotatable bonds is 11. The van der Waals surface area contributed by atoms with E-state index < -0.39 is 30.3 Å². The van der Waals surface area contributed by atoms with Crippen molar-refractivity contribution >= 4 is 12.0 Å². The number of hydrogen-bond acceptors (Lipinski definition) is 4. The second-order valence-electron chi connectivity index (χ2n) is 10.7. The molecule has 7 heteroatoms. The van der Waals surface area contributed by atoms with Crippen molar-refractivity contribution in [3.63, 3.8) is 0 Å². The lowest BCUT2D eigenvalue weighted by Crippen LogP contribution is -2.58. The van der Waals surface area contributed by atoms with Crippen molar-refractivity contribution in [2.75, 3.05) is 6.54 Å². The highest BCUT2D eigenvalue weighted by atomic mass is 16.4. The zero-order chi connectivity index (χ0) is 26.3. The van der Waals surface area contributed by atoms with Gasteiger partial charge in [0.15, 0.2) is 6.10 Å². The zero-order valence-corrected chi connectivity index (χ0v) is 21.9. The molecule has 3 N–H and O–H groups in total. The molecule has 3 unspecified atom stereocenters. The summed E-state index contributed by atoms with van der Waals surface area (Å²) in [7, 11) is 0. The van der Waals surface area contributed by atoms with E-state index in [9.17, 15) is 19.8 Å². The number of carbonyl (C=O) groups excluding carboxylic acids is 1. The summed E-state index contributed by atoms with van der Waals surface area (Å²) < 4.78 is 0.